The molecule has 0 radical (unpaired) electrons. The number of nitrogens with two attached hydrogens (primary N) is 1. The highest BCUT2D eigenvalue weighted by molar-refractivity contribution is 5.28. The maximum Gasteiger partial charge on any atom is 0.416 e. The Balaban J connectivity index is 2.18. The summed E-state index contributed by atoms with van der Waals surface area (Å²) in [6.07, 6.45) is -1.97. The van der Waals surface area contributed by atoms with Crippen LogP contribution in [0.15, 0.2) is 24.3 Å². The second kappa shape index (κ2) is 4.09. The third-order valence-electron chi connectivity index (χ3n) is 3.11. The van der Waals surface area contributed by atoms with Crippen LogP contribution in [0, 0.1) is 5.92 Å². The van der Waals surface area contributed by atoms with Crippen LogP contribution >= 0.6 is 0 Å². The van der Waals surface area contributed by atoms with Crippen LogP contribution in [0.3, 0.4) is 0 Å². The van der Waals surface area contributed by atoms with Gasteiger partial charge in [-0.15, -0.1) is 0 Å². The zero-order valence-electron chi connectivity index (χ0n) is 8.80. The monoisotopic (exact) mass is 229 g/mol. The second-order valence-electron chi connectivity index (χ2n) is 4.30. The van der Waals surface area contributed by atoms with Gasteiger partial charge in [0.25, 0.3) is 0 Å². The molecule has 0 aliphatic heterocycles. The Kier molecular flexibility index (Phi) is 2.93. The van der Waals surface area contributed by atoms with Crippen LogP contribution in [0.2, 0.25) is 0 Å². The molecule has 1 atom stereocenters. The van der Waals surface area contributed by atoms with Crippen LogP contribution < -0.4 is 5.73 Å². The van der Waals surface area contributed by atoms with E-state index in [-0.39, 0.29) is 5.92 Å². The second-order valence-corrected chi connectivity index (χ2v) is 4.30. The van der Waals surface area contributed by atoms with Gasteiger partial charge in [-0.2, -0.15) is 13.2 Å². The summed E-state index contributed by atoms with van der Waals surface area (Å²) in [5, 5.41) is 0. The fourth-order valence-corrected chi connectivity index (χ4v) is 2.02. The largest absolute Gasteiger partial charge is 0.416 e. The third kappa shape index (κ3) is 2.38. The predicted octanol–water partition coefficient (Wildman–Crippen LogP) is 3.16. The van der Waals surface area contributed by atoms with Crippen LogP contribution in [0.5, 0.6) is 0 Å². The standard InChI is InChI=1S/C12H14F3N/c13-12(14,15)10-5-3-9(4-6-10)11(7-16)8-1-2-8/h3-6,8,11H,1-2,7,16H2. The fraction of sp³-hybridized carbons (Fsp3) is 0.500. The van der Waals surface area contributed by atoms with Crippen molar-refractivity contribution in [3.8, 4) is 0 Å². The number of benzene rings is 1. The van der Waals surface area contributed by atoms with Crippen LogP contribution in [0.4, 0.5) is 13.2 Å². The van der Waals surface area contributed by atoms with E-state index < -0.39 is 11.7 Å². The van der Waals surface area contributed by atoms with E-state index >= 15 is 0 Å². The lowest BCUT2D eigenvalue weighted by Gasteiger charge is -2.15. The molecule has 88 valence electrons. The molecule has 1 aliphatic carbocycles. The van der Waals surface area contributed by atoms with Crippen LogP contribution in [-0.2, 0) is 6.18 Å². The molecule has 1 saturated carbocycles. The van der Waals surface area contributed by atoms with Crippen LogP contribution in [-0.4, -0.2) is 6.54 Å². The molecule has 1 nitrogen and oxygen atoms in total. The van der Waals surface area contributed by atoms with Crippen LogP contribution in [0.1, 0.15) is 29.9 Å². The average molecular weight is 229 g/mol. The van der Waals surface area contributed by atoms with Gasteiger partial charge in [0, 0.05) is 0 Å². The van der Waals surface area contributed by atoms with E-state index in [1.165, 1.54) is 0 Å². The first-order chi connectivity index (χ1) is 7.52. The minimum absolute atomic E-state index is 0.224. The van der Waals surface area contributed by atoms with Crippen molar-refractivity contribution in [2.75, 3.05) is 6.54 Å². The number of rotatable bonds is 3. The maximum absolute atomic E-state index is 12.3. The molecule has 0 saturated heterocycles. The van der Waals surface area contributed by atoms with Gasteiger partial charge in [-0.3, -0.25) is 0 Å². The number of alkyl halides is 3. The maximum atomic E-state index is 12.3. The molecule has 0 aromatic heterocycles. The normalized spacial score (nSPS) is 18.5. The minimum Gasteiger partial charge on any atom is -0.330 e. The molecular weight excluding hydrogens is 215 g/mol. The Hall–Kier alpha value is -1.03. The molecule has 1 fully saturated rings. The molecule has 2 N–H and O–H groups in total. The lowest BCUT2D eigenvalue weighted by molar-refractivity contribution is -0.137. The molecule has 0 spiro atoms. The predicted molar refractivity (Wildman–Crippen MR) is 56.0 cm³/mol. The van der Waals surface area contributed by atoms with Crippen molar-refractivity contribution in [1.29, 1.82) is 0 Å². The van der Waals surface area contributed by atoms with Crippen molar-refractivity contribution in [3.05, 3.63) is 35.4 Å². The van der Waals surface area contributed by atoms with Gasteiger partial charge in [0.15, 0.2) is 0 Å². The van der Waals surface area contributed by atoms with Crippen molar-refractivity contribution in [2.24, 2.45) is 11.7 Å². The van der Waals surface area contributed by atoms with Crippen molar-refractivity contribution in [1.82, 2.24) is 0 Å². The van der Waals surface area contributed by atoms with E-state index in [2.05, 4.69) is 0 Å². The Morgan fingerprint density at radius 2 is 1.75 bits per heavy atom. The van der Waals surface area contributed by atoms with Crippen molar-refractivity contribution in [3.63, 3.8) is 0 Å². The first-order valence-electron chi connectivity index (χ1n) is 5.39. The highest BCUT2D eigenvalue weighted by Crippen LogP contribution is 2.42. The fourth-order valence-electron chi connectivity index (χ4n) is 2.02. The van der Waals surface area contributed by atoms with Crippen molar-refractivity contribution < 1.29 is 13.2 Å². The summed E-state index contributed by atoms with van der Waals surface area (Å²) in [7, 11) is 0. The van der Waals surface area contributed by atoms with E-state index in [0.717, 1.165) is 30.5 Å². The zero-order chi connectivity index (χ0) is 11.8. The van der Waals surface area contributed by atoms with Gasteiger partial charge in [0.05, 0.1) is 5.56 Å². The molecule has 4 heteroatoms. The highest BCUT2D eigenvalue weighted by Gasteiger charge is 2.33. The minimum atomic E-state index is -4.25. The average Bonchev–Trinajstić information content (AvgIpc) is 3.03. The molecule has 1 aliphatic rings. The van der Waals surface area contributed by atoms with Gasteiger partial charge in [-0.1, -0.05) is 12.1 Å². The number of hydrogen-bond donors (Lipinski definition) is 1. The van der Waals surface area contributed by atoms with Crippen molar-refractivity contribution in [2.45, 2.75) is 24.9 Å². The van der Waals surface area contributed by atoms with E-state index in [0.29, 0.717) is 12.5 Å². The lowest BCUT2D eigenvalue weighted by atomic mass is 9.93. The Morgan fingerprint density at radius 3 is 2.12 bits per heavy atom. The molecule has 1 unspecified atom stereocenters. The zero-order valence-corrected chi connectivity index (χ0v) is 8.80. The molecule has 0 heterocycles. The van der Waals surface area contributed by atoms with Gasteiger partial charge in [0.2, 0.25) is 0 Å². The van der Waals surface area contributed by atoms with Gasteiger partial charge < -0.3 is 5.73 Å². The van der Waals surface area contributed by atoms with Gasteiger partial charge in [0.1, 0.15) is 0 Å². The SMILES string of the molecule is NCC(c1ccc(C(F)(F)F)cc1)C1CC1. The Bertz CT molecular complexity index is 352. The molecule has 1 aromatic rings. The molecule has 16 heavy (non-hydrogen) atoms. The molecule has 1 aromatic carbocycles. The van der Waals surface area contributed by atoms with E-state index in [9.17, 15) is 13.2 Å². The summed E-state index contributed by atoms with van der Waals surface area (Å²) < 4.78 is 37.0. The third-order valence-corrected chi connectivity index (χ3v) is 3.11. The Labute approximate surface area is 92.5 Å². The number of hydrogen-bond acceptors (Lipinski definition) is 1. The topological polar surface area (TPSA) is 26.0 Å². The Morgan fingerprint density at radius 1 is 1.19 bits per heavy atom. The van der Waals surface area contributed by atoms with Crippen LogP contribution in [0.25, 0.3) is 0 Å². The molecular formula is C12H14F3N. The summed E-state index contributed by atoms with van der Waals surface area (Å²) in [5.74, 6) is 0.795. The molecule has 0 amide bonds. The highest BCUT2D eigenvalue weighted by atomic mass is 19.4. The first kappa shape index (κ1) is 11.5. The van der Waals surface area contributed by atoms with Gasteiger partial charge in [-0.05, 0) is 48.9 Å². The summed E-state index contributed by atoms with van der Waals surface area (Å²) in [6.45, 7) is 0.510. The summed E-state index contributed by atoms with van der Waals surface area (Å²) >= 11 is 0. The van der Waals surface area contributed by atoms with Gasteiger partial charge >= 0.3 is 6.18 Å². The lowest BCUT2D eigenvalue weighted by Crippen LogP contribution is -2.14. The van der Waals surface area contributed by atoms with E-state index in [1.807, 2.05) is 0 Å². The summed E-state index contributed by atoms with van der Waals surface area (Å²) in [6, 6.07) is 5.39. The first-order valence-corrected chi connectivity index (χ1v) is 5.39. The smallest absolute Gasteiger partial charge is 0.330 e. The van der Waals surface area contributed by atoms with E-state index in [1.54, 1.807) is 12.1 Å². The summed E-state index contributed by atoms with van der Waals surface area (Å²) in [5.41, 5.74) is 5.98. The van der Waals surface area contributed by atoms with E-state index in [4.69, 9.17) is 5.73 Å². The molecule has 2 rings (SSSR count). The number of halogens is 3. The summed E-state index contributed by atoms with van der Waals surface area (Å²) in [4.78, 5) is 0. The molecule has 0 bridgehead atoms. The van der Waals surface area contributed by atoms with Crippen molar-refractivity contribution >= 4 is 0 Å². The van der Waals surface area contributed by atoms with Gasteiger partial charge in [-0.25, -0.2) is 0 Å². The quantitative estimate of drug-likeness (QED) is 0.846.